The zero-order valence-electron chi connectivity index (χ0n) is 15.4. The van der Waals surface area contributed by atoms with Gasteiger partial charge in [0.25, 0.3) is 5.91 Å². The van der Waals surface area contributed by atoms with Gasteiger partial charge < -0.3 is 14.5 Å². The van der Waals surface area contributed by atoms with Gasteiger partial charge in [0.2, 0.25) is 0 Å². The molecule has 2 aromatic rings. The van der Waals surface area contributed by atoms with Gasteiger partial charge in [-0.05, 0) is 40.4 Å². The predicted molar refractivity (Wildman–Crippen MR) is 106 cm³/mol. The molecule has 5 rings (SSSR count). The molecule has 0 saturated carbocycles. The van der Waals surface area contributed by atoms with Gasteiger partial charge in [-0.3, -0.25) is 4.79 Å². The first-order chi connectivity index (χ1) is 13.6. The van der Waals surface area contributed by atoms with Crippen LogP contribution in [-0.2, 0) is 9.53 Å². The van der Waals surface area contributed by atoms with Gasteiger partial charge in [-0.1, -0.05) is 30.3 Å². The number of fused-ring (bicyclic) bond motifs is 1. The number of hydrogen-bond donors (Lipinski definition) is 0. The molecule has 0 aliphatic carbocycles. The van der Waals surface area contributed by atoms with Crippen LogP contribution in [0.2, 0.25) is 0 Å². The number of carbonyl (C=O) groups excluding carboxylic acids is 1. The number of piperidine rings is 1. The summed E-state index contributed by atoms with van der Waals surface area (Å²) in [6.07, 6.45) is 4.35. The number of hydrogen-bond acceptors (Lipinski definition) is 4. The standard InChI is InChI=1S/C21H21BrFN3O2/c22-15-12-16(23)19(24-13-15)25-10-8-21(9-11-25)20(27)26-17(6-7-18(26)28-21)14-4-2-1-3-5-14/h1-5,12-13,17-18H,6-11H2/t17-,18?/m0/s1. The lowest BCUT2D eigenvalue weighted by molar-refractivity contribution is -0.140. The molecule has 5 nitrogen and oxygen atoms in total. The Kier molecular flexibility index (Phi) is 4.39. The van der Waals surface area contributed by atoms with E-state index in [1.165, 1.54) is 6.07 Å². The van der Waals surface area contributed by atoms with Gasteiger partial charge in [0.05, 0.1) is 6.04 Å². The number of anilines is 1. The van der Waals surface area contributed by atoms with Crippen molar-refractivity contribution in [3.8, 4) is 0 Å². The fraction of sp³-hybridized carbons (Fsp3) is 0.429. The summed E-state index contributed by atoms with van der Waals surface area (Å²) in [5.74, 6) is 0.0765. The highest BCUT2D eigenvalue weighted by Crippen LogP contribution is 2.47. The minimum atomic E-state index is -0.777. The van der Waals surface area contributed by atoms with E-state index in [0.717, 1.165) is 18.4 Å². The van der Waals surface area contributed by atoms with Crippen molar-refractivity contribution in [1.82, 2.24) is 9.88 Å². The summed E-state index contributed by atoms with van der Waals surface area (Å²) in [5, 5.41) is 0. The van der Waals surface area contributed by atoms with Crippen molar-refractivity contribution in [3.63, 3.8) is 0 Å². The van der Waals surface area contributed by atoms with Crippen molar-refractivity contribution in [2.75, 3.05) is 18.0 Å². The summed E-state index contributed by atoms with van der Waals surface area (Å²) >= 11 is 3.24. The molecule has 0 N–H and O–H groups in total. The zero-order chi connectivity index (χ0) is 19.3. The van der Waals surface area contributed by atoms with E-state index in [4.69, 9.17) is 4.74 Å². The Morgan fingerprint density at radius 2 is 1.93 bits per heavy atom. The van der Waals surface area contributed by atoms with Crippen LogP contribution in [0.3, 0.4) is 0 Å². The van der Waals surface area contributed by atoms with E-state index in [0.29, 0.717) is 36.2 Å². The minimum Gasteiger partial charge on any atom is -0.354 e. The molecule has 1 unspecified atom stereocenters. The number of benzene rings is 1. The first-order valence-corrected chi connectivity index (χ1v) is 10.5. The van der Waals surface area contributed by atoms with Crippen LogP contribution in [0, 0.1) is 5.82 Å². The Hall–Kier alpha value is -1.99. The summed E-state index contributed by atoms with van der Waals surface area (Å²) < 4.78 is 21.2. The van der Waals surface area contributed by atoms with Gasteiger partial charge in [-0.2, -0.15) is 0 Å². The number of amides is 1. The van der Waals surface area contributed by atoms with Crippen LogP contribution in [-0.4, -0.2) is 40.7 Å². The topological polar surface area (TPSA) is 45.7 Å². The molecule has 0 radical (unpaired) electrons. The highest BCUT2D eigenvalue weighted by molar-refractivity contribution is 9.10. The Morgan fingerprint density at radius 3 is 2.64 bits per heavy atom. The van der Waals surface area contributed by atoms with Crippen LogP contribution in [0.5, 0.6) is 0 Å². The van der Waals surface area contributed by atoms with Crippen molar-refractivity contribution in [3.05, 3.63) is 58.4 Å². The van der Waals surface area contributed by atoms with Gasteiger partial charge in [-0.15, -0.1) is 0 Å². The molecule has 3 fully saturated rings. The number of pyridine rings is 1. The Morgan fingerprint density at radius 1 is 1.18 bits per heavy atom. The van der Waals surface area contributed by atoms with Crippen LogP contribution in [0.25, 0.3) is 0 Å². The summed E-state index contributed by atoms with van der Waals surface area (Å²) in [5.41, 5.74) is 0.387. The summed E-state index contributed by atoms with van der Waals surface area (Å²) in [4.78, 5) is 21.5. The molecular formula is C21H21BrFN3O2. The van der Waals surface area contributed by atoms with Crippen LogP contribution < -0.4 is 4.90 Å². The van der Waals surface area contributed by atoms with Crippen molar-refractivity contribution in [2.45, 2.75) is 43.6 Å². The number of halogens is 2. The zero-order valence-corrected chi connectivity index (χ0v) is 16.9. The quantitative estimate of drug-likeness (QED) is 0.699. The lowest BCUT2D eigenvalue weighted by atomic mass is 9.89. The lowest BCUT2D eigenvalue weighted by Gasteiger charge is -2.38. The maximum Gasteiger partial charge on any atom is 0.257 e. The second kappa shape index (κ2) is 6.81. The van der Waals surface area contributed by atoms with Gasteiger partial charge >= 0.3 is 0 Å². The molecule has 1 aromatic carbocycles. The maximum atomic E-state index is 14.3. The monoisotopic (exact) mass is 445 g/mol. The molecular weight excluding hydrogens is 425 g/mol. The van der Waals surface area contributed by atoms with Gasteiger partial charge in [0, 0.05) is 36.6 Å². The summed E-state index contributed by atoms with van der Waals surface area (Å²) in [6, 6.07) is 11.7. The number of carbonyl (C=O) groups is 1. The number of nitrogens with zero attached hydrogens (tertiary/aromatic N) is 3. The molecule has 0 bridgehead atoms. The normalized spacial score (nSPS) is 26.1. The third kappa shape index (κ3) is 2.83. The van der Waals surface area contributed by atoms with Crippen LogP contribution in [0.15, 0.2) is 47.1 Å². The fourth-order valence-electron chi connectivity index (χ4n) is 4.77. The third-order valence-corrected chi connectivity index (χ3v) is 6.60. The number of rotatable bonds is 2. The van der Waals surface area contributed by atoms with Crippen molar-refractivity contribution in [1.29, 1.82) is 0 Å². The van der Waals surface area contributed by atoms with E-state index < -0.39 is 5.60 Å². The van der Waals surface area contributed by atoms with E-state index >= 15 is 0 Å². The Balaban J connectivity index is 1.34. The molecule has 1 aromatic heterocycles. The predicted octanol–water partition coefficient (Wildman–Crippen LogP) is 4.04. The summed E-state index contributed by atoms with van der Waals surface area (Å²) in [6.45, 7) is 1.10. The molecule has 3 saturated heterocycles. The van der Waals surface area contributed by atoms with Gasteiger partial charge in [-0.25, -0.2) is 9.37 Å². The first kappa shape index (κ1) is 18.1. The van der Waals surface area contributed by atoms with E-state index in [1.54, 1.807) is 6.20 Å². The van der Waals surface area contributed by atoms with Gasteiger partial charge in [0.15, 0.2) is 17.2 Å². The Labute approximate surface area is 171 Å². The SMILES string of the molecule is O=C1N2C(CC[C@H]2c2ccccc2)OC12CCN(c1ncc(Br)cc1F)CC2. The second-order valence-corrected chi connectivity index (χ2v) is 8.64. The number of ether oxygens (including phenoxy) is 1. The molecule has 7 heteroatoms. The van der Waals surface area contributed by atoms with E-state index in [1.807, 2.05) is 28.0 Å². The van der Waals surface area contributed by atoms with E-state index in [9.17, 15) is 9.18 Å². The molecule has 28 heavy (non-hydrogen) atoms. The lowest BCUT2D eigenvalue weighted by Crippen LogP contribution is -2.50. The average molecular weight is 446 g/mol. The fourth-order valence-corrected chi connectivity index (χ4v) is 5.07. The molecule has 1 spiro atoms. The first-order valence-electron chi connectivity index (χ1n) is 9.69. The number of aromatic nitrogens is 1. The smallest absolute Gasteiger partial charge is 0.257 e. The largest absolute Gasteiger partial charge is 0.354 e. The molecule has 1 amide bonds. The molecule has 146 valence electrons. The third-order valence-electron chi connectivity index (χ3n) is 6.16. The molecule has 3 aliphatic rings. The highest BCUT2D eigenvalue weighted by Gasteiger charge is 2.58. The van der Waals surface area contributed by atoms with Crippen molar-refractivity contribution >= 4 is 27.7 Å². The van der Waals surface area contributed by atoms with E-state index in [2.05, 4.69) is 33.0 Å². The van der Waals surface area contributed by atoms with Crippen molar-refractivity contribution < 1.29 is 13.9 Å². The molecule has 4 heterocycles. The Bertz CT molecular complexity index is 902. The van der Waals surface area contributed by atoms with Crippen LogP contribution in [0.1, 0.15) is 37.3 Å². The van der Waals surface area contributed by atoms with Crippen molar-refractivity contribution in [2.24, 2.45) is 0 Å². The van der Waals surface area contributed by atoms with Crippen LogP contribution >= 0.6 is 15.9 Å². The molecule has 3 aliphatic heterocycles. The average Bonchev–Trinajstić information content (AvgIpc) is 3.22. The minimum absolute atomic E-state index is 0.0849. The van der Waals surface area contributed by atoms with Crippen LogP contribution in [0.4, 0.5) is 10.2 Å². The summed E-state index contributed by atoms with van der Waals surface area (Å²) in [7, 11) is 0. The second-order valence-electron chi connectivity index (χ2n) is 7.73. The molecule has 2 atom stereocenters. The maximum absolute atomic E-state index is 14.3. The van der Waals surface area contributed by atoms with Gasteiger partial charge in [0.1, 0.15) is 6.23 Å². The van der Waals surface area contributed by atoms with E-state index in [-0.39, 0.29) is 24.0 Å². The highest BCUT2D eigenvalue weighted by atomic mass is 79.9.